The topological polar surface area (TPSA) is 38.3 Å². The van der Waals surface area contributed by atoms with Gasteiger partial charge in [-0.3, -0.25) is 4.79 Å². The van der Waals surface area contributed by atoms with E-state index < -0.39 is 0 Å². The molecule has 1 aromatic rings. The van der Waals surface area contributed by atoms with Gasteiger partial charge >= 0.3 is 0 Å². The van der Waals surface area contributed by atoms with Crippen LogP contribution in [-0.2, 0) is 6.42 Å². The van der Waals surface area contributed by atoms with Crippen LogP contribution in [0.1, 0.15) is 41.6 Å². The minimum atomic E-state index is -0.294. The van der Waals surface area contributed by atoms with Crippen molar-refractivity contribution in [1.82, 2.24) is 5.32 Å². The van der Waals surface area contributed by atoms with Gasteiger partial charge in [-0.05, 0) is 44.7 Å². The third-order valence-electron chi connectivity index (χ3n) is 4.33. The molecular formula is C15H19NO2. The summed E-state index contributed by atoms with van der Waals surface area (Å²) in [5.74, 6) is 1.12. The number of ketones is 1. The molecule has 1 atom stereocenters. The lowest BCUT2D eigenvalue weighted by Gasteiger charge is -2.40. The van der Waals surface area contributed by atoms with Crippen LogP contribution in [0.2, 0.25) is 0 Å². The molecule has 1 spiro atoms. The third kappa shape index (κ3) is 1.65. The van der Waals surface area contributed by atoms with E-state index >= 15 is 0 Å². The molecule has 3 heteroatoms. The standard InChI is InChI=1S/C15H19NO2/c1-18-13-6-4-5-12-11(13)7-9-15(14(12)17)8-2-3-10-16-15/h4-6,16H,2-3,7-10H2,1H3. The molecule has 3 rings (SSSR count). The number of carbonyl (C=O) groups excluding carboxylic acids is 1. The van der Waals surface area contributed by atoms with Crippen LogP contribution < -0.4 is 10.1 Å². The van der Waals surface area contributed by atoms with E-state index in [0.29, 0.717) is 0 Å². The van der Waals surface area contributed by atoms with Gasteiger partial charge in [0, 0.05) is 11.1 Å². The predicted molar refractivity (Wildman–Crippen MR) is 70.2 cm³/mol. The molecule has 96 valence electrons. The van der Waals surface area contributed by atoms with Gasteiger partial charge in [-0.25, -0.2) is 0 Å². The Morgan fingerprint density at radius 2 is 2.17 bits per heavy atom. The summed E-state index contributed by atoms with van der Waals surface area (Å²) in [6.45, 7) is 0.963. The molecule has 18 heavy (non-hydrogen) atoms. The van der Waals surface area contributed by atoms with Crippen molar-refractivity contribution in [2.45, 2.75) is 37.6 Å². The summed E-state index contributed by atoms with van der Waals surface area (Å²) < 4.78 is 5.36. The largest absolute Gasteiger partial charge is 0.496 e. The first-order valence-electron chi connectivity index (χ1n) is 6.72. The molecule has 0 bridgehead atoms. The highest BCUT2D eigenvalue weighted by Crippen LogP contribution is 2.37. The average molecular weight is 245 g/mol. The molecule has 1 heterocycles. The molecule has 1 fully saturated rings. The van der Waals surface area contributed by atoms with Crippen LogP contribution in [-0.4, -0.2) is 25.0 Å². The monoisotopic (exact) mass is 245 g/mol. The Morgan fingerprint density at radius 3 is 2.89 bits per heavy atom. The molecule has 1 saturated heterocycles. The minimum absolute atomic E-state index is 0.266. The van der Waals surface area contributed by atoms with Crippen LogP contribution in [0.3, 0.4) is 0 Å². The number of piperidine rings is 1. The Labute approximate surface area is 108 Å². The van der Waals surface area contributed by atoms with Gasteiger partial charge in [-0.15, -0.1) is 0 Å². The Morgan fingerprint density at radius 1 is 1.28 bits per heavy atom. The number of methoxy groups -OCH3 is 1. The Bertz CT molecular complexity index is 475. The quantitative estimate of drug-likeness (QED) is 0.825. The molecule has 0 aromatic heterocycles. The summed E-state index contributed by atoms with van der Waals surface area (Å²) in [6.07, 6.45) is 5.14. The summed E-state index contributed by atoms with van der Waals surface area (Å²) in [5, 5.41) is 3.47. The summed E-state index contributed by atoms with van der Waals surface area (Å²) in [5.41, 5.74) is 1.65. The Kier molecular flexibility index (Phi) is 2.86. The summed E-state index contributed by atoms with van der Waals surface area (Å²) in [6, 6.07) is 5.80. The van der Waals surface area contributed by atoms with Crippen molar-refractivity contribution >= 4 is 5.78 Å². The Hall–Kier alpha value is -1.35. The SMILES string of the molecule is COc1cccc2c1CCC1(CCCCN1)C2=O. The highest BCUT2D eigenvalue weighted by molar-refractivity contribution is 6.06. The fourth-order valence-corrected chi connectivity index (χ4v) is 3.31. The molecule has 1 aliphatic carbocycles. The fourth-order valence-electron chi connectivity index (χ4n) is 3.31. The van der Waals surface area contributed by atoms with Crippen molar-refractivity contribution in [1.29, 1.82) is 0 Å². The molecule has 0 radical (unpaired) electrons. The minimum Gasteiger partial charge on any atom is -0.496 e. The van der Waals surface area contributed by atoms with Crippen LogP contribution in [0.25, 0.3) is 0 Å². The molecule has 2 aliphatic rings. The van der Waals surface area contributed by atoms with Crippen molar-refractivity contribution in [3.63, 3.8) is 0 Å². The highest BCUT2D eigenvalue weighted by atomic mass is 16.5. The van der Waals surface area contributed by atoms with Crippen LogP contribution >= 0.6 is 0 Å². The van der Waals surface area contributed by atoms with Gasteiger partial charge in [0.05, 0.1) is 12.6 Å². The molecule has 3 nitrogen and oxygen atoms in total. The van der Waals surface area contributed by atoms with E-state index in [1.165, 1.54) is 6.42 Å². The molecule has 1 N–H and O–H groups in total. The molecule has 0 amide bonds. The number of ether oxygens (including phenoxy) is 1. The Balaban J connectivity index is 2.02. The first kappa shape index (κ1) is 11.7. The van der Waals surface area contributed by atoms with Gasteiger partial charge in [0.2, 0.25) is 0 Å². The number of nitrogens with one attached hydrogen (secondary N) is 1. The summed E-state index contributed by atoms with van der Waals surface area (Å²) in [4.78, 5) is 12.7. The second-order valence-corrected chi connectivity index (χ2v) is 5.28. The molecule has 0 saturated carbocycles. The third-order valence-corrected chi connectivity index (χ3v) is 4.33. The number of hydrogen-bond acceptors (Lipinski definition) is 3. The number of rotatable bonds is 1. The van der Waals surface area contributed by atoms with Crippen molar-refractivity contribution in [3.8, 4) is 5.75 Å². The van der Waals surface area contributed by atoms with Crippen LogP contribution in [0, 0.1) is 0 Å². The summed E-state index contributed by atoms with van der Waals surface area (Å²) in [7, 11) is 1.67. The molecule has 1 aromatic carbocycles. The number of benzene rings is 1. The van der Waals surface area contributed by atoms with Gasteiger partial charge in [-0.1, -0.05) is 12.1 Å². The van der Waals surface area contributed by atoms with Crippen molar-refractivity contribution in [2.75, 3.05) is 13.7 Å². The zero-order valence-corrected chi connectivity index (χ0v) is 10.8. The number of carbonyl (C=O) groups is 1. The normalized spacial score (nSPS) is 27.1. The maximum Gasteiger partial charge on any atom is 0.183 e. The van der Waals surface area contributed by atoms with Gasteiger partial charge in [0.1, 0.15) is 5.75 Å². The zero-order chi connectivity index (χ0) is 12.6. The maximum atomic E-state index is 12.7. The number of fused-ring (bicyclic) bond motifs is 1. The van der Waals surface area contributed by atoms with Crippen molar-refractivity contribution in [2.24, 2.45) is 0 Å². The fraction of sp³-hybridized carbons (Fsp3) is 0.533. The maximum absolute atomic E-state index is 12.7. The number of hydrogen-bond donors (Lipinski definition) is 1. The first-order valence-corrected chi connectivity index (χ1v) is 6.72. The van der Waals surface area contributed by atoms with Crippen molar-refractivity contribution < 1.29 is 9.53 Å². The van der Waals surface area contributed by atoms with Crippen LogP contribution in [0.15, 0.2) is 18.2 Å². The van der Waals surface area contributed by atoms with E-state index in [2.05, 4.69) is 5.32 Å². The first-order chi connectivity index (χ1) is 8.77. The molecular weight excluding hydrogens is 226 g/mol. The van der Waals surface area contributed by atoms with Gasteiger partial charge in [0.25, 0.3) is 0 Å². The summed E-state index contributed by atoms with van der Waals surface area (Å²) >= 11 is 0. The lowest BCUT2D eigenvalue weighted by atomic mass is 9.72. The van der Waals surface area contributed by atoms with Gasteiger partial charge in [-0.2, -0.15) is 0 Å². The van der Waals surface area contributed by atoms with E-state index in [9.17, 15) is 4.79 Å². The van der Waals surface area contributed by atoms with E-state index in [1.807, 2.05) is 18.2 Å². The van der Waals surface area contributed by atoms with E-state index in [0.717, 1.165) is 49.1 Å². The molecule has 1 unspecified atom stereocenters. The van der Waals surface area contributed by atoms with E-state index in [-0.39, 0.29) is 11.3 Å². The zero-order valence-electron chi connectivity index (χ0n) is 10.8. The predicted octanol–water partition coefficient (Wildman–Crippen LogP) is 2.34. The van der Waals surface area contributed by atoms with Crippen LogP contribution in [0.4, 0.5) is 0 Å². The second kappa shape index (κ2) is 4.39. The lowest BCUT2D eigenvalue weighted by Crippen LogP contribution is -2.56. The number of Topliss-reactive ketones (excluding diaryl/α,β-unsaturated/α-hetero) is 1. The smallest absolute Gasteiger partial charge is 0.183 e. The van der Waals surface area contributed by atoms with Crippen molar-refractivity contribution in [3.05, 3.63) is 29.3 Å². The van der Waals surface area contributed by atoms with E-state index in [4.69, 9.17) is 4.74 Å². The van der Waals surface area contributed by atoms with Gasteiger partial charge in [0.15, 0.2) is 5.78 Å². The average Bonchev–Trinajstić information content (AvgIpc) is 2.44. The van der Waals surface area contributed by atoms with Crippen LogP contribution in [0.5, 0.6) is 5.75 Å². The lowest BCUT2D eigenvalue weighted by molar-refractivity contribution is 0.0780. The second-order valence-electron chi connectivity index (χ2n) is 5.28. The molecule has 1 aliphatic heterocycles. The van der Waals surface area contributed by atoms with Gasteiger partial charge < -0.3 is 10.1 Å². The van der Waals surface area contributed by atoms with E-state index in [1.54, 1.807) is 7.11 Å². The highest BCUT2D eigenvalue weighted by Gasteiger charge is 2.43.